The number of likely N-dealkylation sites (N-methyl/N-ethyl adjacent to an activating group) is 1. The molecular weight excluding hydrogens is 276 g/mol. The summed E-state index contributed by atoms with van der Waals surface area (Å²) in [6, 6.07) is 0. The summed E-state index contributed by atoms with van der Waals surface area (Å²) in [5.74, 6) is -2.46. The summed E-state index contributed by atoms with van der Waals surface area (Å²) in [5, 5.41) is 15.5. The number of carbonyl (C=O) groups excluding carboxylic acids is 4. The van der Waals surface area contributed by atoms with E-state index in [4.69, 9.17) is 10.5 Å². The Morgan fingerprint density at radius 1 is 0.950 bits per heavy atom. The lowest BCUT2D eigenvalue weighted by Crippen LogP contribution is -2.30. The second kappa shape index (κ2) is 10.7. The van der Waals surface area contributed by atoms with E-state index in [-0.39, 0.29) is 12.5 Å². The molecule has 2 amide bonds. The van der Waals surface area contributed by atoms with Crippen LogP contribution in [0, 0.1) is 0 Å². The van der Waals surface area contributed by atoms with Gasteiger partial charge in [0, 0.05) is 28.1 Å². The SMILES string of the molecule is CC(=O)N(C)CC(=O)OO.CN(C)C(=O)CC(=O)OO. The lowest BCUT2D eigenvalue weighted by molar-refractivity contribution is -0.234. The molecule has 0 heterocycles. The smallest absolute Gasteiger partial charge is 0.348 e. The van der Waals surface area contributed by atoms with Gasteiger partial charge in [0.1, 0.15) is 13.0 Å². The van der Waals surface area contributed by atoms with E-state index in [1.54, 1.807) is 0 Å². The summed E-state index contributed by atoms with van der Waals surface area (Å²) >= 11 is 0. The average Bonchev–Trinajstić information content (AvgIpc) is 2.38. The van der Waals surface area contributed by atoms with E-state index in [1.165, 1.54) is 33.0 Å². The standard InChI is InChI=1S/2C5H9NO4/c1-6(2)4(7)3-5(8)10-9;1-4(7)6(2)3-5(8)10-9/h2*9H,3H2,1-2H3. The molecule has 0 aliphatic rings. The zero-order valence-electron chi connectivity index (χ0n) is 11.7. The van der Waals surface area contributed by atoms with Crippen LogP contribution in [0.5, 0.6) is 0 Å². The van der Waals surface area contributed by atoms with Gasteiger partial charge in [0.15, 0.2) is 0 Å². The van der Waals surface area contributed by atoms with Crippen molar-refractivity contribution in [3.8, 4) is 0 Å². The Morgan fingerprint density at radius 3 is 1.70 bits per heavy atom. The molecule has 0 saturated carbocycles. The molecule has 0 aliphatic carbocycles. The van der Waals surface area contributed by atoms with Crippen LogP contribution in [0.1, 0.15) is 13.3 Å². The summed E-state index contributed by atoms with van der Waals surface area (Å²) in [4.78, 5) is 50.5. The quantitative estimate of drug-likeness (QED) is 0.381. The fraction of sp³-hybridized carbons (Fsp3) is 0.600. The molecule has 0 aromatic carbocycles. The van der Waals surface area contributed by atoms with Gasteiger partial charge in [0.25, 0.3) is 0 Å². The van der Waals surface area contributed by atoms with Gasteiger partial charge >= 0.3 is 11.9 Å². The maximum absolute atomic E-state index is 10.6. The van der Waals surface area contributed by atoms with Crippen LogP contribution in [-0.2, 0) is 29.0 Å². The first-order valence-corrected chi connectivity index (χ1v) is 5.26. The first kappa shape index (κ1) is 20.1. The van der Waals surface area contributed by atoms with Gasteiger partial charge in [0.05, 0.1) is 0 Å². The van der Waals surface area contributed by atoms with Gasteiger partial charge in [-0.05, 0) is 0 Å². The van der Waals surface area contributed by atoms with Crippen molar-refractivity contribution < 1.29 is 39.5 Å². The maximum atomic E-state index is 10.6. The van der Waals surface area contributed by atoms with Gasteiger partial charge in [-0.1, -0.05) is 0 Å². The van der Waals surface area contributed by atoms with Crippen molar-refractivity contribution in [1.29, 1.82) is 0 Å². The van der Waals surface area contributed by atoms with Crippen LogP contribution >= 0.6 is 0 Å². The highest BCUT2D eigenvalue weighted by Gasteiger charge is 2.11. The highest BCUT2D eigenvalue weighted by molar-refractivity contribution is 5.93. The Hall–Kier alpha value is -2.20. The Bertz CT molecular complexity index is 355. The third-order valence-electron chi connectivity index (χ3n) is 1.90. The third-order valence-corrected chi connectivity index (χ3v) is 1.90. The Morgan fingerprint density at radius 2 is 1.40 bits per heavy atom. The lowest BCUT2D eigenvalue weighted by atomic mass is 10.4. The molecule has 0 bridgehead atoms. The van der Waals surface area contributed by atoms with Crippen molar-refractivity contribution in [2.24, 2.45) is 0 Å². The number of carbonyl (C=O) groups is 4. The first-order valence-electron chi connectivity index (χ1n) is 5.26. The molecule has 0 radical (unpaired) electrons. The first-order chi connectivity index (χ1) is 9.15. The van der Waals surface area contributed by atoms with E-state index in [1.807, 2.05) is 0 Å². The third kappa shape index (κ3) is 10.9. The molecule has 0 aromatic rings. The largest absolute Gasteiger partial charge is 0.361 e. The molecule has 20 heavy (non-hydrogen) atoms. The van der Waals surface area contributed by atoms with Crippen molar-refractivity contribution in [2.45, 2.75) is 13.3 Å². The molecule has 0 fully saturated rings. The van der Waals surface area contributed by atoms with Gasteiger partial charge in [-0.3, -0.25) is 14.5 Å². The second-order valence-corrected chi connectivity index (χ2v) is 3.77. The minimum Gasteiger partial charge on any atom is -0.348 e. The molecular formula is C10H18N2O8. The van der Waals surface area contributed by atoms with E-state index >= 15 is 0 Å². The average molecular weight is 294 g/mol. The molecule has 0 unspecified atom stereocenters. The van der Waals surface area contributed by atoms with E-state index < -0.39 is 24.3 Å². The normalized spacial score (nSPS) is 8.70. The van der Waals surface area contributed by atoms with Gasteiger partial charge in [-0.2, -0.15) is 10.5 Å². The second-order valence-electron chi connectivity index (χ2n) is 3.77. The Balaban J connectivity index is 0. The molecule has 0 spiro atoms. The topological polar surface area (TPSA) is 134 Å². The van der Waals surface area contributed by atoms with Crippen LogP contribution in [0.25, 0.3) is 0 Å². The van der Waals surface area contributed by atoms with E-state index in [2.05, 4.69) is 9.78 Å². The Kier molecular flexibility index (Phi) is 10.8. The van der Waals surface area contributed by atoms with Gasteiger partial charge < -0.3 is 14.7 Å². The number of nitrogens with zero attached hydrogens (tertiary/aromatic N) is 2. The molecule has 0 rings (SSSR count). The molecule has 10 heteroatoms. The zero-order valence-corrected chi connectivity index (χ0v) is 11.7. The van der Waals surface area contributed by atoms with Crippen LogP contribution in [0.3, 0.4) is 0 Å². The van der Waals surface area contributed by atoms with Gasteiger partial charge in [0.2, 0.25) is 11.8 Å². The molecule has 0 saturated heterocycles. The van der Waals surface area contributed by atoms with Gasteiger partial charge in [-0.15, -0.1) is 0 Å². The van der Waals surface area contributed by atoms with Crippen molar-refractivity contribution in [3.05, 3.63) is 0 Å². The summed E-state index contributed by atoms with van der Waals surface area (Å²) in [7, 11) is 4.44. The number of rotatable bonds is 4. The van der Waals surface area contributed by atoms with Crippen molar-refractivity contribution >= 4 is 23.8 Å². The van der Waals surface area contributed by atoms with E-state index in [9.17, 15) is 19.2 Å². The zero-order chi connectivity index (χ0) is 16.3. The number of hydrogen-bond donors (Lipinski definition) is 2. The molecule has 2 N–H and O–H groups in total. The highest BCUT2D eigenvalue weighted by Crippen LogP contribution is 1.88. The fourth-order valence-corrected chi connectivity index (χ4v) is 0.648. The number of amides is 2. The van der Waals surface area contributed by atoms with Crippen molar-refractivity contribution in [2.75, 3.05) is 27.7 Å². The molecule has 116 valence electrons. The van der Waals surface area contributed by atoms with Crippen molar-refractivity contribution in [3.63, 3.8) is 0 Å². The van der Waals surface area contributed by atoms with E-state index in [0.29, 0.717) is 0 Å². The summed E-state index contributed by atoms with van der Waals surface area (Å²) in [5.41, 5.74) is 0. The minimum absolute atomic E-state index is 0.230. The summed E-state index contributed by atoms with van der Waals surface area (Å²) < 4.78 is 0. The lowest BCUT2D eigenvalue weighted by Gasteiger charge is -2.10. The molecule has 0 aliphatic heterocycles. The molecule has 0 aromatic heterocycles. The highest BCUT2D eigenvalue weighted by atomic mass is 17.1. The van der Waals surface area contributed by atoms with Crippen LogP contribution in [0.4, 0.5) is 0 Å². The van der Waals surface area contributed by atoms with Crippen LogP contribution in [0.2, 0.25) is 0 Å². The maximum Gasteiger partial charge on any atom is 0.361 e. The monoisotopic (exact) mass is 294 g/mol. The van der Waals surface area contributed by atoms with E-state index in [0.717, 1.165) is 4.90 Å². The predicted molar refractivity (Wildman–Crippen MR) is 64.1 cm³/mol. The fourth-order valence-electron chi connectivity index (χ4n) is 0.648. The molecule has 0 atom stereocenters. The predicted octanol–water partition coefficient (Wildman–Crippen LogP) is -1.04. The Labute approximate surface area is 115 Å². The summed E-state index contributed by atoms with van der Waals surface area (Å²) in [6.45, 7) is 1.08. The summed E-state index contributed by atoms with van der Waals surface area (Å²) in [6.07, 6.45) is -0.427. The molecule has 10 nitrogen and oxygen atoms in total. The van der Waals surface area contributed by atoms with Crippen LogP contribution in [-0.4, -0.2) is 71.8 Å². The van der Waals surface area contributed by atoms with Crippen molar-refractivity contribution in [1.82, 2.24) is 9.80 Å². The number of hydrogen-bond acceptors (Lipinski definition) is 8. The minimum atomic E-state index is -0.946. The van der Waals surface area contributed by atoms with Crippen LogP contribution in [0.15, 0.2) is 0 Å². The van der Waals surface area contributed by atoms with Gasteiger partial charge in [-0.25, -0.2) is 9.59 Å². The van der Waals surface area contributed by atoms with Crippen LogP contribution < -0.4 is 0 Å².